The lowest BCUT2D eigenvalue weighted by Crippen LogP contribution is -2.37. The van der Waals surface area contributed by atoms with Crippen molar-refractivity contribution in [1.29, 1.82) is 0 Å². The molecule has 0 spiro atoms. The molecule has 102 valence electrons. The molecule has 0 amide bonds. The van der Waals surface area contributed by atoms with Gasteiger partial charge in [-0.05, 0) is 24.6 Å². The molecule has 0 aliphatic rings. The number of rotatable bonds is 6. The van der Waals surface area contributed by atoms with Crippen LogP contribution < -0.4 is 9.46 Å². The predicted octanol–water partition coefficient (Wildman–Crippen LogP) is 1.40. The summed E-state index contributed by atoms with van der Waals surface area (Å²) in [6, 6.07) is 3.81. The third-order valence-electron chi connectivity index (χ3n) is 2.45. The number of benzene rings is 1. The highest BCUT2D eigenvalue weighted by molar-refractivity contribution is 7.89. The third kappa shape index (κ3) is 3.58. The van der Waals surface area contributed by atoms with Gasteiger partial charge in [-0.15, -0.1) is 0 Å². The van der Waals surface area contributed by atoms with Crippen LogP contribution in [-0.2, 0) is 10.0 Å². The summed E-state index contributed by atoms with van der Waals surface area (Å²) in [4.78, 5) is -0.0376. The Morgan fingerprint density at radius 3 is 2.67 bits per heavy atom. The zero-order chi connectivity index (χ0) is 13.8. The monoisotopic (exact) mass is 293 g/mol. The summed E-state index contributed by atoms with van der Waals surface area (Å²) in [6.07, 6.45) is 0.485. The van der Waals surface area contributed by atoms with E-state index >= 15 is 0 Å². The van der Waals surface area contributed by atoms with Gasteiger partial charge in [-0.1, -0.05) is 18.5 Å². The maximum atomic E-state index is 12.1. The molecule has 1 rings (SSSR count). The second-order valence-electron chi connectivity index (χ2n) is 3.70. The van der Waals surface area contributed by atoms with Crippen LogP contribution in [0.1, 0.15) is 13.3 Å². The molecule has 7 heteroatoms. The lowest BCUT2D eigenvalue weighted by Gasteiger charge is -2.16. The summed E-state index contributed by atoms with van der Waals surface area (Å²) in [6.45, 7) is 1.51. The van der Waals surface area contributed by atoms with Crippen LogP contribution in [0.2, 0.25) is 5.02 Å². The van der Waals surface area contributed by atoms with Crippen LogP contribution in [0.15, 0.2) is 23.1 Å². The number of halogens is 1. The van der Waals surface area contributed by atoms with Gasteiger partial charge in [0.15, 0.2) is 0 Å². The number of aliphatic hydroxyl groups is 1. The minimum absolute atomic E-state index is 0.0376. The van der Waals surface area contributed by atoms with Crippen molar-refractivity contribution in [2.75, 3.05) is 13.7 Å². The topological polar surface area (TPSA) is 75.6 Å². The van der Waals surface area contributed by atoms with Gasteiger partial charge in [0.25, 0.3) is 0 Å². The Labute approximate surface area is 112 Å². The van der Waals surface area contributed by atoms with Crippen molar-refractivity contribution in [3.63, 3.8) is 0 Å². The second kappa shape index (κ2) is 6.38. The van der Waals surface area contributed by atoms with Crippen LogP contribution >= 0.6 is 11.6 Å². The second-order valence-corrected chi connectivity index (χ2v) is 5.82. The molecule has 0 aliphatic heterocycles. The van der Waals surface area contributed by atoms with Crippen LogP contribution in [0, 0.1) is 0 Å². The Kier molecular flexibility index (Phi) is 5.40. The minimum atomic E-state index is -3.77. The number of hydrogen-bond donors (Lipinski definition) is 2. The molecule has 0 aromatic heterocycles. The van der Waals surface area contributed by atoms with Gasteiger partial charge in [0.1, 0.15) is 10.6 Å². The van der Waals surface area contributed by atoms with Gasteiger partial charge in [-0.2, -0.15) is 0 Å². The maximum absolute atomic E-state index is 12.1. The van der Waals surface area contributed by atoms with Crippen LogP contribution in [-0.4, -0.2) is 33.3 Å². The fourth-order valence-corrected chi connectivity index (χ4v) is 3.14. The number of methoxy groups -OCH3 is 1. The quantitative estimate of drug-likeness (QED) is 0.831. The van der Waals surface area contributed by atoms with E-state index in [1.807, 2.05) is 0 Å². The summed E-state index contributed by atoms with van der Waals surface area (Å²) in [5.74, 6) is 0.208. The van der Waals surface area contributed by atoms with Gasteiger partial charge in [-0.3, -0.25) is 0 Å². The fraction of sp³-hybridized carbons (Fsp3) is 0.455. The van der Waals surface area contributed by atoms with Gasteiger partial charge in [0.05, 0.1) is 13.7 Å². The Bertz CT molecular complexity index is 500. The van der Waals surface area contributed by atoms with Crippen LogP contribution in [0.4, 0.5) is 0 Å². The van der Waals surface area contributed by atoms with Crippen molar-refractivity contribution in [3.05, 3.63) is 23.2 Å². The number of hydrogen-bond acceptors (Lipinski definition) is 4. The number of sulfonamides is 1. The predicted molar refractivity (Wildman–Crippen MR) is 69.5 cm³/mol. The molecule has 0 radical (unpaired) electrons. The van der Waals surface area contributed by atoms with E-state index in [0.29, 0.717) is 11.4 Å². The smallest absolute Gasteiger partial charge is 0.244 e. The number of aliphatic hydroxyl groups excluding tert-OH is 1. The molecule has 0 bridgehead atoms. The summed E-state index contributed by atoms with van der Waals surface area (Å²) in [5, 5.41) is 9.33. The lowest BCUT2D eigenvalue weighted by atomic mass is 10.3. The Hall–Kier alpha value is -0.820. The Balaban J connectivity index is 3.15. The molecule has 1 aromatic rings. The van der Waals surface area contributed by atoms with E-state index in [1.54, 1.807) is 13.0 Å². The summed E-state index contributed by atoms with van der Waals surface area (Å²) in [5.41, 5.74) is 0. The largest absolute Gasteiger partial charge is 0.495 e. The third-order valence-corrected chi connectivity index (χ3v) is 4.23. The number of ether oxygens (including phenoxy) is 1. The molecule has 0 unspecified atom stereocenters. The Morgan fingerprint density at radius 2 is 2.17 bits per heavy atom. The first-order valence-corrected chi connectivity index (χ1v) is 7.27. The van der Waals surface area contributed by atoms with E-state index < -0.39 is 16.1 Å². The average Bonchev–Trinajstić information content (AvgIpc) is 2.36. The van der Waals surface area contributed by atoms with Crippen LogP contribution in [0.3, 0.4) is 0 Å². The zero-order valence-electron chi connectivity index (χ0n) is 10.2. The highest BCUT2D eigenvalue weighted by Gasteiger charge is 2.22. The van der Waals surface area contributed by atoms with Crippen molar-refractivity contribution in [2.24, 2.45) is 0 Å². The first-order chi connectivity index (χ1) is 8.44. The standard InChI is InChI=1S/C11H16ClNO4S/c1-3-9(7-14)13-18(15,16)11-6-8(12)4-5-10(11)17-2/h4-6,9,13-14H,3,7H2,1-2H3/t9-/m0/s1. The van der Waals surface area contributed by atoms with Gasteiger partial charge >= 0.3 is 0 Å². The van der Waals surface area contributed by atoms with E-state index in [4.69, 9.17) is 21.4 Å². The van der Waals surface area contributed by atoms with E-state index in [1.165, 1.54) is 19.2 Å². The Morgan fingerprint density at radius 1 is 1.50 bits per heavy atom. The van der Waals surface area contributed by atoms with Crippen molar-refractivity contribution >= 4 is 21.6 Å². The molecular weight excluding hydrogens is 278 g/mol. The number of nitrogens with one attached hydrogen (secondary N) is 1. The van der Waals surface area contributed by atoms with E-state index in [9.17, 15) is 8.42 Å². The van der Waals surface area contributed by atoms with E-state index in [2.05, 4.69) is 4.72 Å². The first kappa shape index (κ1) is 15.2. The summed E-state index contributed by atoms with van der Waals surface area (Å²) in [7, 11) is -2.39. The van der Waals surface area contributed by atoms with Gasteiger partial charge in [0.2, 0.25) is 10.0 Å². The molecule has 5 nitrogen and oxygen atoms in total. The van der Waals surface area contributed by atoms with Gasteiger partial charge < -0.3 is 9.84 Å². The molecule has 0 fully saturated rings. The van der Waals surface area contributed by atoms with E-state index in [0.717, 1.165) is 0 Å². The minimum Gasteiger partial charge on any atom is -0.495 e. The van der Waals surface area contributed by atoms with Gasteiger partial charge in [-0.25, -0.2) is 13.1 Å². The highest BCUT2D eigenvalue weighted by atomic mass is 35.5. The normalized spacial score (nSPS) is 13.3. The molecule has 1 atom stereocenters. The van der Waals surface area contributed by atoms with Gasteiger partial charge in [0, 0.05) is 11.1 Å². The van der Waals surface area contributed by atoms with Crippen molar-refractivity contribution in [3.8, 4) is 5.75 Å². The van der Waals surface area contributed by atoms with Crippen molar-refractivity contribution < 1.29 is 18.3 Å². The molecule has 18 heavy (non-hydrogen) atoms. The van der Waals surface area contributed by atoms with Crippen LogP contribution in [0.25, 0.3) is 0 Å². The molecule has 0 aliphatic carbocycles. The van der Waals surface area contributed by atoms with E-state index in [-0.39, 0.29) is 17.3 Å². The van der Waals surface area contributed by atoms with Crippen LogP contribution in [0.5, 0.6) is 5.75 Å². The lowest BCUT2D eigenvalue weighted by molar-refractivity contribution is 0.253. The molecule has 0 saturated carbocycles. The fourth-order valence-electron chi connectivity index (χ4n) is 1.39. The highest BCUT2D eigenvalue weighted by Crippen LogP contribution is 2.27. The maximum Gasteiger partial charge on any atom is 0.244 e. The van der Waals surface area contributed by atoms with Crippen molar-refractivity contribution in [2.45, 2.75) is 24.3 Å². The summed E-state index contributed by atoms with van der Waals surface area (Å²) >= 11 is 5.79. The zero-order valence-corrected chi connectivity index (χ0v) is 11.8. The molecule has 2 N–H and O–H groups in total. The first-order valence-electron chi connectivity index (χ1n) is 5.41. The SMILES string of the molecule is CC[C@@H](CO)NS(=O)(=O)c1cc(Cl)ccc1OC. The summed E-state index contributed by atoms with van der Waals surface area (Å²) < 4.78 is 31.7. The molecule has 0 heterocycles. The van der Waals surface area contributed by atoms with Crippen molar-refractivity contribution in [1.82, 2.24) is 4.72 Å². The average molecular weight is 294 g/mol. The molecule has 0 saturated heterocycles. The molecule has 1 aromatic carbocycles. The molecular formula is C11H16ClNO4S.